The van der Waals surface area contributed by atoms with Crippen molar-refractivity contribution in [2.24, 2.45) is 35.0 Å². The quantitative estimate of drug-likeness (QED) is 0.0251. The summed E-state index contributed by atoms with van der Waals surface area (Å²) in [5, 5.41) is 84.1. The predicted molar refractivity (Wildman–Crippen MR) is 461 cm³/mol. The number of likely N-dealkylation sites (N-methyl/N-ethyl adjacent to an activating group) is 1. The van der Waals surface area contributed by atoms with Gasteiger partial charge in [0.05, 0.1) is 65.9 Å². The summed E-state index contributed by atoms with van der Waals surface area (Å²) in [5.41, 5.74) is 18.3. The molecule has 0 spiro atoms. The molecule has 0 bridgehead atoms. The number of carboxylic acid groups (broad SMARTS) is 9. The van der Waals surface area contributed by atoms with Crippen LogP contribution in [0.3, 0.4) is 0 Å². The Kier molecular flexibility index (Phi) is 88.8. The lowest BCUT2D eigenvalue weighted by atomic mass is 10.1. The number of aryl methyl sites for hydroxylation is 1. The fourth-order valence-corrected chi connectivity index (χ4v) is 7.27. The average Bonchev–Trinajstić information content (AvgIpc) is 0.911. The fourth-order valence-electron chi connectivity index (χ4n) is 7.27. The van der Waals surface area contributed by atoms with E-state index in [0.29, 0.717) is 32.1 Å². The molecule has 1 aromatic carbocycles. The number of nitrogens with one attached hydrogen (secondary N) is 4. The molecule has 0 heterocycles. The third kappa shape index (κ3) is 107. The van der Waals surface area contributed by atoms with E-state index in [-0.39, 0.29) is 235 Å². The van der Waals surface area contributed by atoms with Crippen molar-refractivity contribution in [3.63, 3.8) is 0 Å². The summed E-state index contributed by atoms with van der Waals surface area (Å²) in [7, 11) is 1.49. The molecule has 0 aliphatic carbocycles. The second-order valence-corrected chi connectivity index (χ2v) is 28.4. The van der Waals surface area contributed by atoms with Gasteiger partial charge >= 0.3 is 107 Å². The number of amides is 5. The minimum absolute atomic E-state index is 0.00416. The maximum Gasteiger partial charge on any atom is 0.328 e. The summed E-state index contributed by atoms with van der Waals surface area (Å²) >= 11 is 0. The molecule has 4 atom stereocenters. The van der Waals surface area contributed by atoms with Crippen molar-refractivity contribution in [3.8, 4) is 0 Å². The molecule has 49 heteroatoms. The first kappa shape index (κ1) is 134. The second-order valence-electron chi connectivity index (χ2n) is 28.4. The number of nitrogens with two attached hydrogens (primary N) is 3. The molecule has 0 aliphatic heterocycles. The minimum Gasteiger partial charge on any atom is -0.481 e. The van der Waals surface area contributed by atoms with Crippen LogP contribution < -0.4 is 38.5 Å². The molecule has 0 saturated carbocycles. The second kappa shape index (κ2) is 87.2. The van der Waals surface area contributed by atoms with E-state index in [2.05, 4.69) is 35.5 Å². The molecule has 0 aliphatic rings. The smallest absolute Gasteiger partial charge is 0.328 e. The number of carbonyl (C=O) groups is 23. The molecule has 0 saturated heterocycles. The highest BCUT2D eigenvalue weighted by Gasteiger charge is 2.21. The van der Waals surface area contributed by atoms with Gasteiger partial charge in [0.1, 0.15) is 50.3 Å². The molecule has 1 aromatic rings. The Morgan fingerprint density at radius 2 is 0.614 bits per heavy atom. The van der Waals surface area contributed by atoms with Gasteiger partial charge in [0, 0.05) is 97.9 Å². The van der Waals surface area contributed by atoms with E-state index in [1.54, 1.807) is 20.8 Å². The van der Waals surface area contributed by atoms with Gasteiger partial charge < -0.3 is 132 Å². The monoisotopic (exact) mass is 1900 g/mol. The summed E-state index contributed by atoms with van der Waals surface area (Å²) in [4.78, 5) is 245. The molecule has 1 rings (SSSR count). The first-order valence-corrected chi connectivity index (χ1v) is 41.4. The number of aliphatic carboxylic acids is 9. The number of rotatable bonds is 55. The third-order valence-electron chi connectivity index (χ3n) is 14.8. The molecule has 0 radical (unpaired) electrons. The number of hydrogen-bond donors (Lipinski definition) is 16. The van der Waals surface area contributed by atoms with Gasteiger partial charge in [-0.25, -0.2) is 4.79 Å². The normalized spacial score (nSPS) is 10.7. The SMILES string of the molecule is CC(=O)N(C)CC(=O)OCCCC(=O)O.CC(=O)NCC(=O)OCCCC(=O)O.CC(=O)N[C@@H](C)C(=O)OCCCC(=O)O.CC(C)C(=O)NCC(=O)OCCCC(=O)O.CC(C)[C@@H](N)C(=O)OCCCC(=O)O.CC(C)[C@H](N)C(=O)OCCCC(=O)O.CCC(=O)NCC(=O)OCCCC(=O)O.C[C@H](N)C(=O)OCCCC(=O)O.Cc1ccc(CC(=O)OCCCC(=O)O)cc1. The Morgan fingerprint density at radius 1 is 0.348 bits per heavy atom. The zero-order valence-electron chi connectivity index (χ0n) is 77.5. The van der Waals surface area contributed by atoms with Crippen LogP contribution >= 0.6 is 0 Å². The number of carbonyl (C=O) groups excluding carboxylic acids is 14. The van der Waals surface area contributed by atoms with Crippen LogP contribution in [0.4, 0.5) is 0 Å². The van der Waals surface area contributed by atoms with E-state index in [4.69, 9.17) is 91.6 Å². The third-order valence-corrected chi connectivity index (χ3v) is 14.8. The van der Waals surface area contributed by atoms with E-state index < -0.39 is 126 Å². The van der Waals surface area contributed by atoms with E-state index >= 15 is 0 Å². The van der Waals surface area contributed by atoms with Gasteiger partial charge in [-0.05, 0) is 96.0 Å². The van der Waals surface area contributed by atoms with Crippen molar-refractivity contribution in [1.29, 1.82) is 0 Å². The number of hydrogen-bond acceptors (Lipinski definition) is 35. The minimum atomic E-state index is -0.930. The number of esters is 9. The molecule has 0 unspecified atom stereocenters. The Balaban J connectivity index is -0.000000219. The van der Waals surface area contributed by atoms with Gasteiger partial charge in [0.2, 0.25) is 29.5 Å². The topological polar surface area (TPSA) is 787 Å². The first-order valence-electron chi connectivity index (χ1n) is 41.4. The molecular weight excluding hydrogens is 1760 g/mol. The molecule has 5 amide bonds. The van der Waals surface area contributed by atoms with Crippen molar-refractivity contribution in [2.75, 3.05) is 92.7 Å². The number of benzene rings is 1. The summed E-state index contributed by atoms with van der Waals surface area (Å²) in [6, 6.07) is 5.05. The maximum absolute atomic E-state index is 11.4. The first-order chi connectivity index (χ1) is 61.4. The molecule has 49 nitrogen and oxygen atoms in total. The molecule has 756 valence electrons. The standard InChI is InChI=1S/C13H16O4.C10H17NO5.3C9H15NO5.2C9H17NO4.C8H13NO5.C7H13NO4/c1-10-4-6-11(7-5-10)9-13(16)17-8-2-3-12(14)15;1-7(2)10(15)11-6-9(14)16-5-3-4-8(12)13;1-7(11)10(2)6-9(14)15-5-3-4-8(12)13;1-6(10-7(2)11)9(14)15-5-3-4-8(12)13;1-2-7(11)10-6-9(14)15-5-3-4-8(12)13;2*1-6(2)8(10)9(13)14-5-3-4-7(11)12;1-6(10)9-5-8(13)14-4-2-3-7(11)12;1-5(8)7(11)12-4-2-3-6(9)10/h4-7H,2-3,8-9H2,1H3,(H,14,15);7H,3-6H2,1-2H3,(H,11,15)(H,12,13);3-6H2,1-2H3,(H,12,13);6H,3-5H2,1-2H3,(H,10,11)(H,12,13);2-6H2,1H3,(H,10,11)(H,12,13);2*6,8H,3-5,10H2,1-2H3,(H,11,12);2-5H2,1H3,(H,9,10)(H,11,12);5H,2-4,8H2,1H3,(H,9,10)/t;;;6-;;2*8-;;5-/m...0.10.0/s1. The van der Waals surface area contributed by atoms with Gasteiger partial charge in [-0.3, -0.25) is 105 Å². The van der Waals surface area contributed by atoms with Crippen molar-refractivity contribution >= 4 is 137 Å². The Bertz CT molecular complexity index is 3580. The van der Waals surface area contributed by atoms with Crippen LogP contribution in [0.25, 0.3) is 0 Å². The lowest BCUT2D eigenvalue weighted by Gasteiger charge is -2.13. The fraction of sp³-hybridized carbons (Fsp3) is 0.651. The zero-order valence-corrected chi connectivity index (χ0v) is 77.5. The van der Waals surface area contributed by atoms with Crippen LogP contribution in [0.15, 0.2) is 24.3 Å². The highest BCUT2D eigenvalue weighted by Crippen LogP contribution is 2.08. The van der Waals surface area contributed by atoms with Gasteiger partial charge in [0.15, 0.2) is 0 Å². The highest BCUT2D eigenvalue weighted by molar-refractivity contribution is 5.85. The van der Waals surface area contributed by atoms with E-state index in [1.807, 2.05) is 58.9 Å². The summed E-state index contributed by atoms with van der Waals surface area (Å²) in [5.74, 6) is -14.1. The van der Waals surface area contributed by atoms with Crippen LogP contribution in [0.2, 0.25) is 0 Å². The van der Waals surface area contributed by atoms with Crippen LogP contribution in [0, 0.1) is 24.7 Å². The Morgan fingerprint density at radius 3 is 0.871 bits per heavy atom. The number of nitrogens with zero attached hydrogens (tertiary/aromatic N) is 1. The van der Waals surface area contributed by atoms with Gasteiger partial charge in [-0.2, -0.15) is 0 Å². The summed E-state index contributed by atoms with van der Waals surface area (Å²) in [6.07, 6.45) is 3.13. The molecule has 0 fully saturated rings. The van der Waals surface area contributed by atoms with E-state index in [1.165, 1.54) is 46.6 Å². The molecule has 0 aromatic heterocycles. The lowest BCUT2D eigenvalue weighted by Crippen LogP contribution is -2.38. The van der Waals surface area contributed by atoms with Crippen LogP contribution in [0.5, 0.6) is 0 Å². The molecular formula is C83H138N8O41. The molecule has 19 N–H and O–H groups in total. The number of carboxylic acids is 9. The van der Waals surface area contributed by atoms with Crippen molar-refractivity contribution in [2.45, 2.75) is 243 Å². The van der Waals surface area contributed by atoms with Crippen LogP contribution in [0.1, 0.15) is 216 Å². The predicted octanol–water partition coefficient (Wildman–Crippen LogP) is 1.85. The highest BCUT2D eigenvalue weighted by atomic mass is 16.6. The maximum atomic E-state index is 11.4. The number of ether oxygens (including phenoxy) is 9. The Labute approximate surface area is 764 Å². The van der Waals surface area contributed by atoms with E-state index in [9.17, 15) is 110 Å². The average molecular weight is 1900 g/mol. The van der Waals surface area contributed by atoms with Crippen molar-refractivity contribution in [1.82, 2.24) is 26.2 Å². The molecule has 132 heavy (non-hydrogen) atoms. The van der Waals surface area contributed by atoms with E-state index in [0.717, 1.165) is 11.1 Å². The lowest BCUT2D eigenvalue weighted by molar-refractivity contribution is -0.149. The summed E-state index contributed by atoms with van der Waals surface area (Å²) in [6.45, 7) is 21.5. The van der Waals surface area contributed by atoms with Gasteiger partial charge in [-0.1, -0.05) is 78.3 Å². The zero-order chi connectivity index (χ0) is 103. The van der Waals surface area contributed by atoms with Gasteiger partial charge in [0.25, 0.3) is 0 Å². The largest absolute Gasteiger partial charge is 0.481 e. The van der Waals surface area contributed by atoms with Crippen molar-refractivity contribution in [3.05, 3.63) is 35.4 Å². The van der Waals surface area contributed by atoms with Gasteiger partial charge in [-0.15, -0.1) is 0 Å². The van der Waals surface area contributed by atoms with Crippen LogP contribution in [-0.2, 0) is 159 Å². The summed E-state index contributed by atoms with van der Waals surface area (Å²) < 4.78 is 42.6. The Hall–Kier alpha value is -13.1. The van der Waals surface area contributed by atoms with Crippen molar-refractivity contribution < 1.29 is 199 Å². The van der Waals surface area contributed by atoms with Crippen LogP contribution in [-0.4, -0.2) is 305 Å².